The maximum atomic E-state index is 11.9. The van der Waals surface area contributed by atoms with Crippen LogP contribution in [0.1, 0.15) is 22.8 Å². The van der Waals surface area contributed by atoms with E-state index in [1.165, 1.54) is 4.90 Å². The maximum Gasteiger partial charge on any atom is 0.253 e. The van der Waals surface area contributed by atoms with E-state index in [4.69, 9.17) is 0 Å². The van der Waals surface area contributed by atoms with Crippen molar-refractivity contribution in [2.45, 2.75) is 23.6 Å². The number of guanidine groups is 1. The van der Waals surface area contributed by atoms with Gasteiger partial charge in [-0.3, -0.25) is 9.79 Å². The lowest BCUT2D eigenvalue weighted by Crippen LogP contribution is -2.39. The van der Waals surface area contributed by atoms with Crippen molar-refractivity contribution >= 4 is 23.6 Å². The summed E-state index contributed by atoms with van der Waals surface area (Å²) in [4.78, 5) is 19.0. The van der Waals surface area contributed by atoms with Gasteiger partial charge in [0.15, 0.2) is 5.96 Å². The number of hydrogen-bond acceptors (Lipinski definition) is 3. The van der Waals surface area contributed by atoms with E-state index in [9.17, 15) is 4.79 Å². The van der Waals surface area contributed by atoms with Gasteiger partial charge >= 0.3 is 0 Å². The van der Waals surface area contributed by atoms with E-state index in [0.29, 0.717) is 17.4 Å². The molecule has 0 spiro atoms. The van der Waals surface area contributed by atoms with Crippen LogP contribution in [0.5, 0.6) is 0 Å². The number of carbonyl (C=O) groups is 1. The number of rotatable bonds is 7. The first-order valence-corrected chi connectivity index (χ1v) is 9.84. The average Bonchev–Trinajstić information content (AvgIpc) is 2.68. The van der Waals surface area contributed by atoms with Crippen LogP contribution in [-0.4, -0.2) is 49.7 Å². The lowest BCUT2D eigenvalue weighted by atomic mass is 10.1. The fourth-order valence-corrected chi connectivity index (χ4v) is 3.39. The van der Waals surface area contributed by atoms with Gasteiger partial charge in [0.05, 0.1) is 0 Å². The standard InChI is InChI=1S/C21H28N4OS/c1-16(27-19-8-6-5-7-9-19)14-23-21(22-2)24-15-17-10-12-18(13-11-17)20(26)25(3)4/h5-13,16H,14-15H2,1-4H3,(H2,22,23,24). The van der Waals surface area contributed by atoms with Crippen LogP contribution in [0.25, 0.3) is 0 Å². The Morgan fingerprint density at radius 2 is 1.74 bits per heavy atom. The SMILES string of the molecule is CN=C(NCc1ccc(C(=O)N(C)C)cc1)NCC(C)Sc1ccccc1. The molecule has 0 aliphatic rings. The molecule has 6 heteroatoms. The summed E-state index contributed by atoms with van der Waals surface area (Å²) in [7, 11) is 5.28. The molecule has 1 atom stereocenters. The summed E-state index contributed by atoms with van der Waals surface area (Å²) in [6.07, 6.45) is 0. The third-order valence-electron chi connectivity index (χ3n) is 3.93. The van der Waals surface area contributed by atoms with E-state index in [0.717, 1.165) is 18.1 Å². The molecule has 0 radical (unpaired) electrons. The molecule has 5 nitrogen and oxygen atoms in total. The highest BCUT2D eigenvalue weighted by atomic mass is 32.2. The predicted octanol–water partition coefficient (Wildman–Crippen LogP) is 3.23. The van der Waals surface area contributed by atoms with Crippen LogP contribution in [0.3, 0.4) is 0 Å². The van der Waals surface area contributed by atoms with E-state index < -0.39 is 0 Å². The van der Waals surface area contributed by atoms with Crippen LogP contribution in [0.15, 0.2) is 64.5 Å². The number of nitrogens with zero attached hydrogens (tertiary/aromatic N) is 2. The highest BCUT2D eigenvalue weighted by Crippen LogP contribution is 2.21. The van der Waals surface area contributed by atoms with Crippen LogP contribution >= 0.6 is 11.8 Å². The second kappa shape index (κ2) is 10.6. The van der Waals surface area contributed by atoms with Gasteiger partial charge in [-0.15, -0.1) is 11.8 Å². The van der Waals surface area contributed by atoms with E-state index in [-0.39, 0.29) is 5.91 Å². The third kappa shape index (κ3) is 6.98. The van der Waals surface area contributed by atoms with Crippen LogP contribution in [0, 0.1) is 0 Å². The van der Waals surface area contributed by atoms with Crippen molar-refractivity contribution in [1.29, 1.82) is 0 Å². The number of thioether (sulfide) groups is 1. The summed E-state index contributed by atoms with van der Waals surface area (Å²) in [6.45, 7) is 3.66. The van der Waals surface area contributed by atoms with Gasteiger partial charge in [-0.1, -0.05) is 37.3 Å². The van der Waals surface area contributed by atoms with Gasteiger partial charge in [-0.2, -0.15) is 0 Å². The first-order valence-electron chi connectivity index (χ1n) is 8.96. The van der Waals surface area contributed by atoms with Crippen molar-refractivity contribution in [2.24, 2.45) is 4.99 Å². The molecule has 1 unspecified atom stereocenters. The Bertz CT molecular complexity index is 745. The molecule has 0 saturated carbocycles. The topological polar surface area (TPSA) is 56.7 Å². The molecule has 27 heavy (non-hydrogen) atoms. The minimum Gasteiger partial charge on any atom is -0.355 e. The van der Waals surface area contributed by atoms with Gasteiger partial charge in [-0.05, 0) is 29.8 Å². The first kappa shape index (κ1) is 20.8. The van der Waals surface area contributed by atoms with Gasteiger partial charge in [0.25, 0.3) is 5.91 Å². The Balaban J connectivity index is 1.79. The van der Waals surface area contributed by atoms with Gasteiger partial charge < -0.3 is 15.5 Å². The van der Waals surface area contributed by atoms with Crippen molar-refractivity contribution in [3.8, 4) is 0 Å². The molecule has 0 aliphatic carbocycles. The van der Waals surface area contributed by atoms with E-state index in [1.54, 1.807) is 26.0 Å². The third-order valence-corrected chi connectivity index (χ3v) is 5.04. The summed E-state index contributed by atoms with van der Waals surface area (Å²) in [5.41, 5.74) is 1.79. The number of aliphatic imine (C=N–C) groups is 1. The quantitative estimate of drug-likeness (QED) is 0.437. The zero-order valence-corrected chi connectivity index (χ0v) is 17.2. The van der Waals surface area contributed by atoms with Crippen molar-refractivity contribution < 1.29 is 4.79 Å². The van der Waals surface area contributed by atoms with Crippen LogP contribution in [0.2, 0.25) is 0 Å². The molecule has 2 aromatic rings. The molecule has 0 saturated heterocycles. The van der Waals surface area contributed by atoms with E-state index in [2.05, 4.69) is 46.8 Å². The second-order valence-electron chi connectivity index (χ2n) is 6.44. The molecule has 2 rings (SSSR count). The molecule has 2 aromatic carbocycles. The highest BCUT2D eigenvalue weighted by molar-refractivity contribution is 8.00. The smallest absolute Gasteiger partial charge is 0.253 e. The van der Waals surface area contributed by atoms with Crippen molar-refractivity contribution in [1.82, 2.24) is 15.5 Å². The first-order chi connectivity index (χ1) is 13.0. The Hall–Kier alpha value is -2.47. The highest BCUT2D eigenvalue weighted by Gasteiger charge is 2.08. The minimum absolute atomic E-state index is 0.0110. The number of carbonyl (C=O) groups excluding carboxylic acids is 1. The molecule has 2 N–H and O–H groups in total. The molecular weight excluding hydrogens is 356 g/mol. The van der Waals surface area contributed by atoms with E-state index >= 15 is 0 Å². The Morgan fingerprint density at radius 3 is 2.33 bits per heavy atom. The largest absolute Gasteiger partial charge is 0.355 e. The maximum absolute atomic E-state index is 11.9. The zero-order chi connectivity index (χ0) is 19.6. The Morgan fingerprint density at radius 1 is 1.07 bits per heavy atom. The second-order valence-corrected chi connectivity index (χ2v) is 7.96. The van der Waals surface area contributed by atoms with Gasteiger partial charge in [0.2, 0.25) is 0 Å². The summed E-state index contributed by atoms with van der Waals surface area (Å²) < 4.78 is 0. The molecule has 0 heterocycles. The Kier molecular flexibility index (Phi) is 8.20. The Labute approximate surface area is 166 Å². The van der Waals surface area contributed by atoms with Crippen LogP contribution in [0.4, 0.5) is 0 Å². The van der Waals surface area contributed by atoms with Crippen molar-refractivity contribution in [2.75, 3.05) is 27.7 Å². The minimum atomic E-state index is 0.0110. The normalized spacial score (nSPS) is 12.4. The van der Waals surface area contributed by atoms with Gasteiger partial charge in [0.1, 0.15) is 0 Å². The summed E-state index contributed by atoms with van der Waals surface area (Å²) >= 11 is 1.84. The van der Waals surface area contributed by atoms with E-state index in [1.807, 2.05) is 42.1 Å². The number of benzene rings is 2. The summed E-state index contributed by atoms with van der Waals surface area (Å²) in [5, 5.41) is 7.09. The van der Waals surface area contributed by atoms with Gasteiger partial charge in [0, 0.05) is 49.9 Å². The fraction of sp³-hybridized carbons (Fsp3) is 0.333. The lowest BCUT2D eigenvalue weighted by Gasteiger charge is -2.16. The van der Waals surface area contributed by atoms with Crippen molar-refractivity contribution in [3.63, 3.8) is 0 Å². The van der Waals surface area contributed by atoms with Crippen LogP contribution < -0.4 is 10.6 Å². The molecule has 0 bridgehead atoms. The molecular formula is C21H28N4OS. The molecule has 144 valence electrons. The van der Waals surface area contributed by atoms with Crippen molar-refractivity contribution in [3.05, 3.63) is 65.7 Å². The summed E-state index contributed by atoms with van der Waals surface area (Å²) in [5.74, 6) is 0.779. The molecule has 0 aliphatic heterocycles. The lowest BCUT2D eigenvalue weighted by molar-refractivity contribution is 0.0827. The zero-order valence-electron chi connectivity index (χ0n) is 16.4. The number of hydrogen-bond donors (Lipinski definition) is 2. The molecule has 0 fully saturated rings. The average molecular weight is 385 g/mol. The van der Waals surface area contributed by atoms with Crippen LogP contribution in [-0.2, 0) is 6.54 Å². The summed E-state index contributed by atoms with van der Waals surface area (Å²) in [6, 6.07) is 18.0. The van der Waals surface area contributed by atoms with Gasteiger partial charge in [-0.25, -0.2) is 0 Å². The molecule has 1 amide bonds. The number of amides is 1. The molecule has 0 aromatic heterocycles. The monoisotopic (exact) mass is 384 g/mol. The number of nitrogens with one attached hydrogen (secondary N) is 2. The fourth-order valence-electron chi connectivity index (χ4n) is 2.44. The predicted molar refractivity (Wildman–Crippen MR) is 114 cm³/mol.